The summed E-state index contributed by atoms with van der Waals surface area (Å²) in [4.78, 5) is 16.3. The molecule has 2 aromatic heterocycles. The monoisotopic (exact) mass is 374 g/mol. The van der Waals surface area contributed by atoms with Crippen LogP contribution in [0.3, 0.4) is 0 Å². The largest absolute Gasteiger partial charge is 0.377 e. The molecule has 2 aliphatic rings. The summed E-state index contributed by atoms with van der Waals surface area (Å²) in [5.41, 5.74) is 8.05. The molecule has 0 bridgehead atoms. The number of nitrogens with one attached hydrogen (secondary N) is 1. The second-order valence-corrected chi connectivity index (χ2v) is 7.96. The summed E-state index contributed by atoms with van der Waals surface area (Å²) in [5.74, 6) is 1.98. The number of anilines is 2. The van der Waals surface area contributed by atoms with Crippen molar-refractivity contribution in [3.8, 4) is 0 Å². The van der Waals surface area contributed by atoms with E-state index in [1.165, 1.54) is 12.8 Å². The van der Waals surface area contributed by atoms with Gasteiger partial charge >= 0.3 is 0 Å². The number of nitrogens with zero attached hydrogens (tertiary/aromatic N) is 4. The van der Waals surface area contributed by atoms with Crippen molar-refractivity contribution in [2.75, 3.05) is 30.4 Å². The van der Waals surface area contributed by atoms with Gasteiger partial charge in [0, 0.05) is 49.3 Å². The highest BCUT2D eigenvalue weighted by Crippen LogP contribution is 2.35. The fourth-order valence-corrected chi connectivity index (χ4v) is 4.41. The minimum absolute atomic E-state index is 0.302. The third-order valence-electron chi connectivity index (χ3n) is 5.03. The van der Waals surface area contributed by atoms with E-state index in [1.807, 2.05) is 6.07 Å². The molecule has 8 heteroatoms. The second-order valence-electron chi connectivity index (χ2n) is 7.12. The molecule has 0 atom stereocenters. The molecule has 2 aromatic rings. The maximum absolute atomic E-state index is 5.93. The first-order chi connectivity index (χ1) is 12.7. The van der Waals surface area contributed by atoms with Crippen molar-refractivity contribution in [3.05, 3.63) is 28.7 Å². The zero-order valence-corrected chi connectivity index (χ0v) is 16.0. The molecule has 26 heavy (non-hydrogen) atoms. The van der Waals surface area contributed by atoms with Gasteiger partial charge in [0.2, 0.25) is 0 Å². The van der Waals surface area contributed by atoms with Gasteiger partial charge in [0.15, 0.2) is 11.0 Å². The Kier molecular flexibility index (Phi) is 5.33. The predicted molar refractivity (Wildman–Crippen MR) is 104 cm³/mol. The summed E-state index contributed by atoms with van der Waals surface area (Å²) in [6, 6.07) is 2.35. The van der Waals surface area contributed by atoms with Crippen LogP contribution < -0.4 is 16.0 Å². The van der Waals surface area contributed by atoms with Gasteiger partial charge in [-0.1, -0.05) is 0 Å². The van der Waals surface area contributed by atoms with E-state index in [4.69, 9.17) is 15.5 Å². The molecule has 0 unspecified atom stereocenters. The molecule has 4 rings (SSSR count). The summed E-state index contributed by atoms with van der Waals surface area (Å²) in [7, 11) is 1.66. The Morgan fingerprint density at radius 2 is 2.08 bits per heavy atom. The molecule has 7 nitrogen and oxygen atoms in total. The highest BCUT2D eigenvalue weighted by atomic mass is 32.1. The molecule has 3 heterocycles. The SMILES string of the molecule is COCc1nc(NCc2csc(N3CCCC3)n2)cc(C2CC(N)C2)n1. The summed E-state index contributed by atoms with van der Waals surface area (Å²) >= 11 is 1.72. The van der Waals surface area contributed by atoms with Crippen LogP contribution in [0, 0.1) is 0 Å². The highest BCUT2D eigenvalue weighted by molar-refractivity contribution is 7.13. The molecule has 3 N–H and O–H groups in total. The van der Waals surface area contributed by atoms with Crippen LogP contribution in [0.2, 0.25) is 0 Å². The predicted octanol–water partition coefficient (Wildman–Crippen LogP) is 2.50. The summed E-state index contributed by atoms with van der Waals surface area (Å²) in [6.45, 7) is 3.33. The van der Waals surface area contributed by atoms with Crippen LogP contribution in [0.1, 0.15) is 48.8 Å². The lowest BCUT2D eigenvalue weighted by molar-refractivity contribution is 0.177. The van der Waals surface area contributed by atoms with Crippen LogP contribution in [0.25, 0.3) is 0 Å². The Balaban J connectivity index is 1.43. The van der Waals surface area contributed by atoms with E-state index >= 15 is 0 Å². The van der Waals surface area contributed by atoms with Gasteiger partial charge in [-0.25, -0.2) is 15.0 Å². The third-order valence-corrected chi connectivity index (χ3v) is 5.98. The van der Waals surface area contributed by atoms with Crippen molar-refractivity contribution in [3.63, 3.8) is 0 Å². The molecule has 1 saturated carbocycles. The zero-order chi connectivity index (χ0) is 17.9. The van der Waals surface area contributed by atoms with Crippen LogP contribution in [0.15, 0.2) is 11.4 Å². The fourth-order valence-electron chi connectivity index (χ4n) is 3.53. The van der Waals surface area contributed by atoms with E-state index in [0.29, 0.717) is 30.9 Å². The Morgan fingerprint density at radius 3 is 2.81 bits per heavy atom. The van der Waals surface area contributed by atoms with Crippen molar-refractivity contribution in [2.24, 2.45) is 5.73 Å². The van der Waals surface area contributed by atoms with Crippen LogP contribution >= 0.6 is 11.3 Å². The first kappa shape index (κ1) is 17.6. The van der Waals surface area contributed by atoms with Crippen molar-refractivity contribution >= 4 is 22.3 Å². The number of methoxy groups -OCH3 is 1. The summed E-state index contributed by atoms with van der Waals surface area (Å²) < 4.78 is 5.22. The molecule has 0 aromatic carbocycles. The minimum atomic E-state index is 0.302. The van der Waals surface area contributed by atoms with Crippen molar-refractivity contribution in [1.82, 2.24) is 15.0 Å². The molecular weight excluding hydrogens is 348 g/mol. The third kappa shape index (κ3) is 3.97. The van der Waals surface area contributed by atoms with E-state index in [9.17, 15) is 0 Å². The molecule has 2 fully saturated rings. The van der Waals surface area contributed by atoms with Gasteiger partial charge in [0.1, 0.15) is 12.4 Å². The quantitative estimate of drug-likeness (QED) is 0.769. The molecule has 0 spiro atoms. The number of hydrogen-bond donors (Lipinski definition) is 2. The molecule has 0 radical (unpaired) electrons. The first-order valence-electron chi connectivity index (χ1n) is 9.27. The van der Waals surface area contributed by atoms with Crippen LogP contribution in [0.5, 0.6) is 0 Å². The minimum Gasteiger partial charge on any atom is -0.377 e. The smallest absolute Gasteiger partial charge is 0.185 e. The molecular formula is C18H26N6OS. The Bertz CT molecular complexity index is 739. The lowest BCUT2D eigenvalue weighted by Gasteiger charge is -2.32. The molecule has 140 valence electrons. The van der Waals surface area contributed by atoms with Crippen LogP contribution in [-0.4, -0.2) is 41.2 Å². The Hall–Kier alpha value is -1.77. The number of thiazole rings is 1. The van der Waals surface area contributed by atoms with Crippen molar-refractivity contribution < 1.29 is 4.74 Å². The van der Waals surface area contributed by atoms with Crippen LogP contribution in [-0.2, 0) is 17.9 Å². The van der Waals surface area contributed by atoms with Gasteiger partial charge in [0.05, 0.1) is 12.2 Å². The average molecular weight is 375 g/mol. The van der Waals surface area contributed by atoms with E-state index in [1.54, 1.807) is 18.4 Å². The van der Waals surface area contributed by atoms with Gasteiger partial charge in [-0.05, 0) is 25.7 Å². The van der Waals surface area contributed by atoms with Crippen LogP contribution in [0.4, 0.5) is 10.9 Å². The van der Waals surface area contributed by atoms with Gasteiger partial charge in [-0.2, -0.15) is 0 Å². The average Bonchev–Trinajstić information content (AvgIpc) is 3.28. The van der Waals surface area contributed by atoms with Gasteiger partial charge < -0.3 is 20.7 Å². The topological polar surface area (TPSA) is 89.2 Å². The van der Waals surface area contributed by atoms with E-state index < -0.39 is 0 Å². The van der Waals surface area contributed by atoms with E-state index in [2.05, 4.69) is 25.6 Å². The number of hydrogen-bond acceptors (Lipinski definition) is 8. The van der Waals surface area contributed by atoms with Gasteiger partial charge in [0.25, 0.3) is 0 Å². The van der Waals surface area contributed by atoms with Crippen molar-refractivity contribution in [1.29, 1.82) is 0 Å². The first-order valence-corrected chi connectivity index (χ1v) is 10.1. The standard InChI is InChI=1S/C18H26N6OS/c1-25-10-17-22-15(12-6-13(19)7-12)8-16(23-17)20-9-14-11-26-18(21-14)24-4-2-3-5-24/h8,11-13H,2-7,9-10,19H2,1H3,(H,20,22,23). The fraction of sp³-hybridized carbons (Fsp3) is 0.611. The van der Waals surface area contributed by atoms with Gasteiger partial charge in [-0.3, -0.25) is 0 Å². The lowest BCUT2D eigenvalue weighted by Crippen LogP contribution is -2.35. The number of nitrogens with two attached hydrogens (primary N) is 1. The van der Waals surface area contributed by atoms with Gasteiger partial charge in [-0.15, -0.1) is 11.3 Å². The Morgan fingerprint density at radius 1 is 1.27 bits per heavy atom. The maximum atomic E-state index is 5.93. The number of ether oxygens (including phenoxy) is 1. The van der Waals surface area contributed by atoms with E-state index in [-0.39, 0.29) is 0 Å². The number of rotatable bonds is 7. The van der Waals surface area contributed by atoms with E-state index in [0.717, 1.165) is 48.3 Å². The number of aromatic nitrogens is 3. The van der Waals surface area contributed by atoms with Crippen molar-refractivity contribution in [2.45, 2.75) is 50.8 Å². The second kappa shape index (κ2) is 7.85. The lowest BCUT2D eigenvalue weighted by atomic mass is 9.78. The summed E-state index contributed by atoms with van der Waals surface area (Å²) in [6.07, 6.45) is 4.52. The Labute approximate surface area is 158 Å². The zero-order valence-electron chi connectivity index (χ0n) is 15.1. The summed E-state index contributed by atoms with van der Waals surface area (Å²) in [5, 5.41) is 6.67. The molecule has 1 aliphatic heterocycles. The normalized spacial score (nSPS) is 22.5. The molecule has 1 aliphatic carbocycles. The highest BCUT2D eigenvalue weighted by Gasteiger charge is 2.29. The maximum Gasteiger partial charge on any atom is 0.185 e. The molecule has 1 saturated heterocycles. The molecule has 0 amide bonds.